The number of hydrogen-bond acceptors (Lipinski definition) is 4. The number of rotatable bonds is 14. The summed E-state index contributed by atoms with van der Waals surface area (Å²) in [5.41, 5.74) is 5.76. The predicted molar refractivity (Wildman–Crippen MR) is 117 cm³/mol. The molecule has 6 heteroatoms. The number of benzene rings is 1. The Bertz CT molecular complexity index is 586. The van der Waals surface area contributed by atoms with Crippen molar-refractivity contribution in [3.05, 3.63) is 29.8 Å². The van der Waals surface area contributed by atoms with Crippen LogP contribution in [0.3, 0.4) is 0 Å². The first-order valence-electron chi connectivity index (χ1n) is 10.8. The summed E-state index contributed by atoms with van der Waals surface area (Å²) in [6.45, 7) is 4.52. The minimum atomic E-state index is -4.10. The molecule has 0 bridgehead atoms. The van der Waals surface area contributed by atoms with E-state index in [1.165, 1.54) is 57.4 Å². The quantitative estimate of drug-likeness (QED) is 0.289. The van der Waals surface area contributed by atoms with Gasteiger partial charge in [-0.15, -0.1) is 0 Å². The van der Waals surface area contributed by atoms with Gasteiger partial charge in [0.15, 0.2) is 0 Å². The maximum Gasteiger partial charge on any atom is 0.294 e. The van der Waals surface area contributed by atoms with E-state index in [1.807, 2.05) is 13.0 Å². The molecule has 0 radical (unpaired) electrons. The van der Waals surface area contributed by atoms with Crippen LogP contribution in [-0.2, 0) is 16.5 Å². The molecule has 0 heterocycles. The third-order valence-corrected chi connectivity index (χ3v) is 5.75. The first-order chi connectivity index (χ1) is 13.4. The van der Waals surface area contributed by atoms with Crippen molar-refractivity contribution in [2.45, 2.75) is 102 Å². The van der Waals surface area contributed by atoms with Crippen LogP contribution < -0.4 is 5.73 Å². The molecule has 1 rings (SSSR count). The topological polar surface area (TPSA) is 101 Å². The van der Waals surface area contributed by atoms with E-state index in [1.54, 1.807) is 12.1 Å². The largest absolute Gasteiger partial charge is 0.392 e. The van der Waals surface area contributed by atoms with E-state index in [2.05, 4.69) is 6.92 Å². The summed E-state index contributed by atoms with van der Waals surface area (Å²) < 4.78 is 31.8. The van der Waals surface area contributed by atoms with Crippen molar-refractivity contribution in [1.29, 1.82) is 0 Å². The second-order valence-electron chi connectivity index (χ2n) is 7.31. The molecule has 164 valence electrons. The van der Waals surface area contributed by atoms with Crippen LogP contribution in [0.25, 0.3) is 0 Å². The van der Waals surface area contributed by atoms with Crippen molar-refractivity contribution in [2.75, 3.05) is 6.54 Å². The minimum Gasteiger partial charge on any atom is -0.392 e. The average molecular weight is 416 g/mol. The number of unbranched alkanes of at least 4 members (excludes halogenated alkanes) is 9. The van der Waals surface area contributed by atoms with Crippen molar-refractivity contribution < 1.29 is 18.1 Å². The third kappa shape index (κ3) is 14.1. The van der Waals surface area contributed by atoms with Gasteiger partial charge in [-0.3, -0.25) is 4.55 Å². The van der Waals surface area contributed by atoms with Crippen molar-refractivity contribution in [3.8, 4) is 0 Å². The van der Waals surface area contributed by atoms with Crippen molar-refractivity contribution in [3.63, 3.8) is 0 Å². The van der Waals surface area contributed by atoms with Gasteiger partial charge in [-0.05, 0) is 30.9 Å². The maximum absolute atomic E-state index is 11.3. The van der Waals surface area contributed by atoms with Gasteiger partial charge in [-0.2, -0.15) is 8.42 Å². The molecule has 28 heavy (non-hydrogen) atoms. The lowest BCUT2D eigenvalue weighted by molar-refractivity contribution is 0.179. The van der Waals surface area contributed by atoms with E-state index in [9.17, 15) is 13.0 Å². The highest BCUT2D eigenvalue weighted by molar-refractivity contribution is 7.85. The molecule has 0 aromatic heterocycles. The maximum atomic E-state index is 11.3. The van der Waals surface area contributed by atoms with Crippen LogP contribution in [0.5, 0.6) is 0 Å². The molecule has 1 atom stereocenters. The van der Waals surface area contributed by atoms with Gasteiger partial charge in [0, 0.05) is 6.54 Å². The zero-order valence-corrected chi connectivity index (χ0v) is 18.6. The van der Waals surface area contributed by atoms with Crippen molar-refractivity contribution in [1.82, 2.24) is 0 Å². The van der Waals surface area contributed by atoms with E-state index in [0.717, 1.165) is 24.8 Å². The summed E-state index contributed by atoms with van der Waals surface area (Å²) in [5.74, 6) is 0. The number of hydrogen-bond donors (Lipinski definition) is 3. The monoisotopic (exact) mass is 415 g/mol. The number of aryl methyl sites for hydroxylation is 1. The van der Waals surface area contributed by atoms with Crippen LogP contribution in [0.2, 0.25) is 0 Å². The van der Waals surface area contributed by atoms with E-state index in [-0.39, 0.29) is 11.0 Å². The number of nitrogens with two attached hydrogens (primary N) is 1. The van der Waals surface area contributed by atoms with E-state index < -0.39 is 10.1 Å². The zero-order chi connectivity index (χ0) is 21.3. The molecule has 0 aliphatic heterocycles. The van der Waals surface area contributed by atoms with Gasteiger partial charge in [0.2, 0.25) is 0 Å². The standard InChI is InChI=1S/C18H30O3S.C4H11NO/c1-2-3-4-5-6-7-8-9-10-11-14-17-15-12-13-16-18(17)22(19,20)21;1-2-4(6)3-5/h12-13,15-16H,2-11,14H2,1H3,(H,19,20,21);4,6H,2-3,5H2,1H3. The Kier molecular flexibility index (Phi) is 16.4. The van der Waals surface area contributed by atoms with Gasteiger partial charge >= 0.3 is 0 Å². The first-order valence-corrected chi connectivity index (χ1v) is 12.2. The van der Waals surface area contributed by atoms with Gasteiger partial charge in [0.25, 0.3) is 10.1 Å². The normalized spacial score (nSPS) is 12.3. The molecule has 0 spiro atoms. The molecule has 1 aromatic carbocycles. The summed E-state index contributed by atoms with van der Waals surface area (Å²) in [4.78, 5) is 0.0610. The second-order valence-corrected chi connectivity index (χ2v) is 8.70. The Morgan fingerprint density at radius 2 is 1.39 bits per heavy atom. The van der Waals surface area contributed by atoms with Gasteiger partial charge in [-0.1, -0.05) is 89.8 Å². The Morgan fingerprint density at radius 3 is 1.82 bits per heavy atom. The van der Waals surface area contributed by atoms with Crippen molar-refractivity contribution in [2.24, 2.45) is 5.73 Å². The summed E-state index contributed by atoms with van der Waals surface area (Å²) in [6.07, 6.45) is 13.8. The highest BCUT2D eigenvalue weighted by Crippen LogP contribution is 2.18. The average Bonchev–Trinajstić information content (AvgIpc) is 2.68. The molecule has 0 fully saturated rings. The van der Waals surface area contributed by atoms with Crippen LogP contribution in [0.4, 0.5) is 0 Å². The Balaban J connectivity index is 0.00000105. The number of aliphatic hydroxyl groups excluding tert-OH is 1. The fourth-order valence-corrected chi connectivity index (χ4v) is 3.68. The summed E-state index contributed by atoms with van der Waals surface area (Å²) in [5, 5.41) is 8.54. The highest BCUT2D eigenvalue weighted by Gasteiger charge is 2.13. The molecular formula is C22H41NO4S. The zero-order valence-electron chi connectivity index (χ0n) is 17.8. The lowest BCUT2D eigenvalue weighted by atomic mass is 10.0. The van der Waals surface area contributed by atoms with Crippen molar-refractivity contribution >= 4 is 10.1 Å². The van der Waals surface area contributed by atoms with Gasteiger partial charge in [0.05, 0.1) is 11.0 Å². The molecule has 0 saturated carbocycles. The Morgan fingerprint density at radius 1 is 0.893 bits per heavy atom. The lowest BCUT2D eigenvalue weighted by Crippen LogP contribution is -2.17. The molecule has 0 amide bonds. The molecule has 1 unspecified atom stereocenters. The fraction of sp³-hybridized carbons (Fsp3) is 0.727. The van der Waals surface area contributed by atoms with Crippen LogP contribution in [0.1, 0.15) is 90.0 Å². The van der Waals surface area contributed by atoms with Gasteiger partial charge < -0.3 is 10.8 Å². The van der Waals surface area contributed by atoms with E-state index >= 15 is 0 Å². The highest BCUT2D eigenvalue weighted by atomic mass is 32.2. The van der Waals surface area contributed by atoms with Crippen LogP contribution >= 0.6 is 0 Å². The second kappa shape index (κ2) is 17.0. The molecule has 4 N–H and O–H groups in total. The summed E-state index contributed by atoms with van der Waals surface area (Å²) in [7, 11) is -4.10. The Labute approximate surface area is 172 Å². The summed E-state index contributed by atoms with van der Waals surface area (Å²) >= 11 is 0. The van der Waals surface area contributed by atoms with E-state index in [4.69, 9.17) is 10.8 Å². The molecule has 0 aliphatic carbocycles. The van der Waals surface area contributed by atoms with Crippen LogP contribution in [0, 0.1) is 0 Å². The Hall–Kier alpha value is -0.950. The van der Waals surface area contributed by atoms with Gasteiger partial charge in [-0.25, -0.2) is 0 Å². The molecule has 1 aromatic rings. The fourth-order valence-electron chi connectivity index (χ4n) is 2.93. The molecule has 0 saturated heterocycles. The third-order valence-electron chi connectivity index (χ3n) is 4.79. The number of aliphatic hydroxyl groups is 1. The smallest absolute Gasteiger partial charge is 0.294 e. The SMILES string of the molecule is CCC(O)CN.CCCCCCCCCCCCc1ccccc1S(=O)(=O)O. The first kappa shape index (κ1) is 27.0. The van der Waals surface area contributed by atoms with Gasteiger partial charge in [0.1, 0.15) is 0 Å². The molecular weight excluding hydrogens is 374 g/mol. The molecule has 5 nitrogen and oxygen atoms in total. The van der Waals surface area contributed by atoms with E-state index in [0.29, 0.717) is 13.0 Å². The predicted octanol–water partition coefficient (Wildman–Crippen LogP) is 5.11. The van der Waals surface area contributed by atoms with Crippen LogP contribution in [-0.4, -0.2) is 30.7 Å². The lowest BCUT2D eigenvalue weighted by Gasteiger charge is -2.07. The minimum absolute atomic E-state index is 0.0610. The molecule has 0 aliphatic rings. The summed E-state index contributed by atoms with van der Waals surface area (Å²) in [6, 6.07) is 6.73. The van der Waals surface area contributed by atoms with Crippen LogP contribution in [0.15, 0.2) is 29.2 Å².